The molecular formula is C26H31F6N3O3. The first-order chi connectivity index (χ1) is 17.8. The van der Waals surface area contributed by atoms with Gasteiger partial charge in [-0.1, -0.05) is 30.3 Å². The first-order valence-electron chi connectivity index (χ1n) is 12.1. The van der Waals surface area contributed by atoms with Gasteiger partial charge in [0.25, 0.3) is 0 Å². The van der Waals surface area contributed by atoms with E-state index in [-0.39, 0.29) is 50.0 Å². The van der Waals surface area contributed by atoms with Crippen LogP contribution < -0.4 is 0 Å². The van der Waals surface area contributed by atoms with Crippen LogP contribution in [0.5, 0.6) is 0 Å². The molecule has 2 N–H and O–H groups in total. The summed E-state index contributed by atoms with van der Waals surface area (Å²) in [5.74, 6) is -0.334. The second kappa shape index (κ2) is 12.5. The van der Waals surface area contributed by atoms with Gasteiger partial charge in [0.1, 0.15) is 6.04 Å². The van der Waals surface area contributed by atoms with Gasteiger partial charge in [0.15, 0.2) is 0 Å². The average Bonchev–Trinajstić information content (AvgIpc) is 2.88. The van der Waals surface area contributed by atoms with Gasteiger partial charge in [0.2, 0.25) is 5.91 Å². The monoisotopic (exact) mass is 547 g/mol. The summed E-state index contributed by atoms with van der Waals surface area (Å²) < 4.78 is 79.3. The molecule has 1 atom stereocenters. The predicted molar refractivity (Wildman–Crippen MR) is 128 cm³/mol. The third-order valence-electron chi connectivity index (χ3n) is 6.85. The van der Waals surface area contributed by atoms with E-state index >= 15 is 0 Å². The lowest BCUT2D eigenvalue weighted by molar-refractivity contribution is -0.143. The number of carbonyl (C=O) groups excluding carboxylic acids is 1. The number of rotatable bonds is 9. The highest BCUT2D eigenvalue weighted by atomic mass is 19.4. The Morgan fingerprint density at radius 3 is 1.95 bits per heavy atom. The van der Waals surface area contributed by atoms with Gasteiger partial charge in [-0.15, -0.1) is 0 Å². The molecule has 0 radical (unpaired) electrons. The Balaban J connectivity index is 1.77. The molecule has 0 unspecified atom stereocenters. The van der Waals surface area contributed by atoms with E-state index in [9.17, 15) is 41.4 Å². The minimum Gasteiger partial charge on any atom is -0.381 e. The number of carbonyl (C=O) groups is 1. The Bertz CT molecular complexity index is 1020. The van der Waals surface area contributed by atoms with Crippen LogP contribution in [0.4, 0.5) is 26.3 Å². The first-order valence-corrected chi connectivity index (χ1v) is 12.1. The van der Waals surface area contributed by atoms with E-state index in [1.807, 2.05) is 4.90 Å². The van der Waals surface area contributed by atoms with E-state index in [1.54, 1.807) is 30.3 Å². The van der Waals surface area contributed by atoms with Crippen LogP contribution in [-0.2, 0) is 23.6 Å². The Hall–Kier alpha value is -2.67. The SMILES string of the molecule is CN(CCc1cc(C(F)(F)F)cc(C(F)(F)F)c1)C(=O)[C@@H](c1ccccc1)N1CCC(N(CO)CO)CC1. The average molecular weight is 548 g/mol. The fourth-order valence-electron chi connectivity index (χ4n) is 4.71. The molecule has 1 heterocycles. The van der Waals surface area contributed by atoms with Gasteiger partial charge < -0.3 is 15.1 Å². The number of hydrogen-bond acceptors (Lipinski definition) is 5. The Labute approximate surface area is 217 Å². The Morgan fingerprint density at radius 2 is 1.47 bits per heavy atom. The number of piperidine rings is 1. The molecule has 1 fully saturated rings. The van der Waals surface area contributed by atoms with E-state index in [2.05, 4.69) is 0 Å². The molecule has 6 nitrogen and oxygen atoms in total. The highest BCUT2D eigenvalue weighted by Crippen LogP contribution is 2.36. The van der Waals surface area contributed by atoms with Gasteiger partial charge in [0.05, 0.1) is 24.6 Å². The van der Waals surface area contributed by atoms with Gasteiger partial charge in [-0.3, -0.25) is 14.6 Å². The maximum absolute atomic E-state index is 13.6. The van der Waals surface area contributed by atoms with Crippen LogP contribution in [0.25, 0.3) is 0 Å². The number of alkyl halides is 6. The summed E-state index contributed by atoms with van der Waals surface area (Å²) >= 11 is 0. The lowest BCUT2D eigenvalue weighted by atomic mass is 9.97. The highest BCUT2D eigenvalue weighted by molar-refractivity contribution is 5.83. The number of likely N-dealkylation sites (tertiary alicyclic amines) is 1. The zero-order chi connectivity index (χ0) is 28.1. The number of nitrogens with zero attached hydrogens (tertiary/aromatic N) is 3. The van der Waals surface area contributed by atoms with Crippen molar-refractivity contribution in [2.75, 3.05) is 40.1 Å². The molecule has 0 spiro atoms. The molecule has 1 aliphatic heterocycles. The third kappa shape index (κ3) is 7.46. The molecule has 210 valence electrons. The molecule has 1 amide bonds. The van der Waals surface area contributed by atoms with Gasteiger partial charge in [-0.25, -0.2) is 0 Å². The molecule has 2 aromatic carbocycles. The normalized spacial score (nSPS) is 16.6. The zero-order valence-electron chi connectivity index (χ0n) is 20.8. The summed E-state index contributed by atoms with van der Waals surface area (Å²) in [5, 5.41) is 18.9. The molecule has 0 aromatic heterocycles. The van der Waals surface area contributed by atoms with E-state index in [1.165, 1.54) is 16.8 Å². The van der Waals surface area contributed by atoms with E-state index in [0.717, 1.165) is 0 Å². The number of aliphatic hydroxyl groups is 2. The van der Waals surface area contributed by atoms with Crippen LogP contribution in [-0.4, -0.2) is 77.0 Å². The quantitative estimate of drug-likeness (QED) is 0.365. The maximum atomic E-state index is 13.6. The highest BCUT2D eigenvalue weighted by Gasteiger charge is 2.37. The topological polar surface area (TPSA) is 67.3 Å². The minimum atomic E-state index is -4.94. The summed E-state index contributed by atoms with van der Waals surface area (Å²) in [7, 11) is 1.47. The van der Waals surface area contributed by atoms with Crippen molar-refractivity contribution >= 4 is 5.91 Å². The van der Waals surface area contributed by atoms with E-state index in [0.29, 0.717) is 43.6 Å². The second-order valence-corrected chi connectivity index (χ2v) is 9.38. The van der Waals surface area contributed by atoms with Crippen LogP contribution in [0.15, 0.2) is 48.5 Å². The molecular weight excluding hydrogens is 516 g/mol. The molecule has 0 saturated carbocycles. The molecule has 3 rings (SSSR count). The fourth-order valence-corrected chi connectivity index (χ4v) is 4.71. The maximum Gasteiger partial charge on any atom is 0.416 e. The van der Waals surface area contributed by atoms with Crippen LogP contribution in [0, 0.1) is 0 Å². The second-order valence-electron chi connectivity index (χ2n) is 9.38. The molecule has 0 aliphatic carbocycles. The van der Waals surface area contributed by atoms with Crippen LogP contribution in [0.3, 0.4) is 0 Å². The van der Waals surface area contributed by atoms with Crippen molar-refractivity contribution in [2.24, 2.45) is 0 Å². The number of amides is 1. The molecule has 1 aliphatic rings. The van der Waals surface area contributed by atoms with E-state index < -0.39 is 29.5 Å². The van der Waals surface area contributed by atoms with Gasteiger partial charge >= 0.3 is 12.4 Å². The summed E-state index contributed by atoms with van der Waals surface area (Å²) in [5.41, 5.74) is -2.23. The molecule has 12 heteroatoms. The van der Waals surface area contributed by atoms with Crippen molar-refractivity contribution in [3.05, 3.63) is 70.8 Å². The number of halogens is 6. The standard InChI is InChI=1S/C26H31F6N3O3/c1-33(10-7-18-13-20(25(27,28)29)15-21(14-18)26(30,31)32)24(38)23(19-5-3-2-4-6-19)34-11-8-22(9-12-34)35(16-36)17-37/h2-6,13-15,22-23,36-37H,7-12,16-17H2,1H3/t23-/m1/s1. The van der Waals surface area contributed by atoms with Gasteiger partial charge in [-0.2, -0.15) is 26.3 Å². The summed E-state index contributed by atoms with van der Waals surface area (Å²) in [6, 6.07) is 9.63. The van der Waals surface area contributed by atoms with Crippen molar-refractivity contribution in [2.45, 2.75) is 43.7 Å². The van der Waals surface area contributed by atoms with Crippen molar-refractivity contribution in [3.63, 3.8) is 0 Å². The van der Waals surface area contributed by atoms with Crippen LogP contribution >= 0.6 is 0 Å². The van der Waals surface area contributed by atoms with Gasteiger partial charge in [0, 0.05) is 32.7 Å². The zero-order valence-corrected chi connectivity index (χ0v) is 20.8. The van der Waals surface area contributed by atoms with Crippen LogP contribution in [0.2, 0.25) is 0 Å². The summed E-state index contributed by atoms with van der Waals surface area (Å²) in [6.45, 7) is 0.304. The number of likely N-dealkylation sites (N-methyl/N-ethyl adjacent to an activating group) is 1. The lowest BCUT2D eigenvalue weighted by Gasteiger charge is -2.41. The van der Waals surface area contributed by atoms with Crippen molar-refractivity contribution in [1.29, 1.82) is 0 Å². The molecule has 0 bridgehead atoms. The number of aliphatic hydroxyl groups excluding tert-OH is 2. The summed E-state index contributed by atoms with van der Waals surface area (Å²) in [4.78, 5) is 18.4. The van der Waals surface area contributed by atoms with E-state index in [4.69, 9.17) is 0 Å². The number of hydrogen-bond donors (Lipinski definition) is 2. The third-order valence-corrected chi connectivity index (χ3v) is 6.85. The molecule has 38 heavy (non-hydrogen) atoms. The Kier molecular flexibility index (Phi) is 9.80. The summed E-state index contributed by atoms with van der Waals surface area (Å²) in [6.07, 6.45) is -8.90. The molecule has 1 saturated heterocycles. The number of benzene rings is 2. The van der Waals surface area contributed by atoms with Crippen LogP contribution in [0.1, 0.15) is 41.1 Å². The Morgan fingerprint density at radius 1 is 0.947 bits per heavy atom. The lowest BCUT2D eigenvalue weighted by Crippen LogP contribution is -2.49. The van der Waals surface area contributed by atoms with Crippen molar-refractivity contribution in [3.8, 4) is 0 Å². The smallest absolute Gasteiger partial charge is 0.381 e. The molecule has 2 aromatic rings. The fraction of sp³-hybridized carbons (Fsp3) is 0.500. The van der Waals surface area contributed by atoms with Crippen molar-refractivity contribution in [1.82, 2.24) is 14.7 Å². The van der Waals surface area contributed by atoms with Gasteiger partial charge in [-0.05, 0) is 48.6 Å². The first kappa shape index (κ1) is 29.9. The largest absolute Gasteiger partial charge is 0.416 e. The van der Waals surface area contributed by atoms with Crippen molar-refractivity contribution < 1.29 is 41.4 Å². The minimum absolute atomic E-state index is 0.0609. The predicted octanol–water partition coefficient (Wildman–Crippen LogP) is 4.13.